The Hall–Kier alpha value is -4.94. The van der Waals surface area contributed by atoms with E-state index in [1.807, 2.05) is 0 Å². The minimum absolute atomic E-state index is 0.0268. The Morgan fingerprint density at radius 2 is 0.691 bits per heavy atom. The third kappa shape index (κ3) is 14.5. The number of benzene rings is 4. The maximum atomic E-state index is 12.6. The maximum Gasteiger partial charge on any atom is 0.230 e. The quantitative estimate of drug-likeness (QED) is 0.0890. The van der Waals surface area contributed by atoms with Gasteiger partial charge in [-0.1, -0.05) is 155 Å². The molecule has 1 aliphatic carbocycles. The van der Waals surface area contributed by atoms with Crippen LogP contribution in [0, 0.1) is 0 Å². The molecule has 0 aliphatic heterocycles. The van der Waals surface area contributed by atoms with Gasteiger partial charge in [0.15, 0.2) is 10.2 Å². The molecule has 0 saturated heterocycles. The molecular formula is C56H74N2O8S2. The SMILES string of the molecule is CC(=O)SCC(=O)NCCOc1c2cc(C(C)(C)C)cc1Cc1cc(C(C)(C)C)cc(c1O)Cc1cc(C(C)(C)C)cc(c1OCCNC(=O)CSC(C)=O)Cc1cc(C(C)(C)C)cc(c1O)C2. The van der Waals surface area contributed by atoms with Crippen molar-refractivity contribution < 1.29 is 38.9 Å². The lowest BCUT2D eigenvalue weighted by atomic mass is 9.79. The Morgan fingerprint density at radius 1 is 0.456 bits per heavy atom. The molecular weight excluding hydrogens is 893 g/mol. The lowest BCUT2D eigenvalue weighted by Gasteiger charge is -2.28. The number of thioether (sulfide) groups is 2. The Kier molecular flexibility index (Phi) is 17.3. The number of amides is 2. The van der Waals surface area contributed by atoms with E-state index in [0.29, 0.717) is 37.2 Å². The van der Waals surface area contributed by atoms with Crippen molar-refractivity contribution in [1.82, 2.24) is 10.6 Å². The van der Waals surface area contributed by atoms with Crippen molar-refractivity contribution in [3.8, 4) is 23.0 Å². The van der Waals surface area contributed by atoms with Crippen molar-refractivity contribution >= 4 is 45.6 Å². The fourth-order valence-electron chi connectivity index (χ4n) is 8.14. The fourth-order valence-corrected chi connectivity index (χ4v) is 9.01. The van der Waals surface area contributed by atoms with Gasteiger partial charge in [0.05, 0.1) is 24.6 Å². The Balaban J connectivity index is 1.80. The second-order valence-corrected chi connectivity index (χ2v) is 24.5. The van der Waals surface area contributed by atoms with Crippen LogP contribution in [-0.4, -0.2) is 70.1 Å². The number of fused-ring (bicyclic) bond motifs is 8. The number of phenolic OH excluding ortho intramolecular Hbond substituents is 2. The second-order valence-electron chi connectivity index (χ2n) is 22.2. The summed E-state index contributed by atoms with van der Waals surface area (Å²) >= 11 is 1.92. The van der Waals surface area contributed by atoms with Gasteiger partial charge in [0.2, 0.25) is 11.8 Å². The first kappa shape index (κ1) is 54.0. The average molecular weight is 967 g/mol. The highest BCUT2D eigenvalue weighted by Gasteiger charge is 2.29. The Labute approximate surface area is 413 Å². The normalized spacial score (nSPS) is 13.1. The van der Waals surface area contributed by atoms with Crippen molar-refractivity contribution in [1.29, 1.82) is 0 Å². The number of phenols is 2. The molecule has 1 aliphatic rings. The zero-order chi connectivity index (χ0) is 50.5. The number of carbonyl (C=O) groups is 4. The van der Waals surface area contributed by atoms with E-state index < -0.39 is 0 Å². The topological polar surface area (TPSA) is 151 Å². The standard InChI is InChI=1S/C56H74N2O8S2/c1-33(59)67-31-47(61)57-15-17-65-51-39-19-35-23-43(53(3,4)5)25-37(49(35)63)21-41-29-46(56(12,13)14)30-42(52(41)66-18-16-58-48(62)32-68-34(2)60)22-38-26-44(54(6,7)8)24-36(50(38)64)20-40(51)28-45(27-39)55(9,10)11/h23-30,63-64H,15-22,31-32H2,1-14H3,(H,57,61)(H,58,62). The number of carbonyl (C=O) groups excluding carboxylic acids is 4. The molecule has 0 fully saturated rings. The van der Waals surface area contributed by atoms with Crippen molar-refractivity contribution in [2.24, 2.45) is 0 Å². The summed E-state index contributed by atoms with van der Waals surface area (Å²) in [6.07, 6.45) is 1.31. The molecule has 0 heterocycles. The molecule has 4 aromatic rings. The smallest absolute Gasteiger partial charge is 0.230 e. The Bertz CT molecular complexity index is 2260. The first-order chi connectivity index (χ1) is 31.5. The van der Waals surface area contributed by atoms with E-state index in [0.717, 1.165) is 90.3 Å². The van der Waals surface area contributed by atoms with Crippen molar-refractivity contribution in [2.75, 3.05) is 37.8 Å². The number of rotatable bonds is 12. The predicted octanol–water partition coefficient (Wildman–Crippen LogP) is 10.5. The van der Waals surface area contributed by atoms with Crippen LogP contribution in [0.15, 0.2) is 48.5 Å². The van der Waals surface area contributed by atoms with Crippen molar-refractivity contribution in [3.05, 3.63) is 115 Å². The summed E-state index contributed by atoms with van der Waals surface area (Å²) in [7, 11) is 0. The van der Waals surface area contributed by atoms with Crippen LogP contribution in [0.25, 0.3) is 0 Å². The van der Waals surface area contributed by atoms with Crippen LogP contribution in [0.5, 0.6) is 23.0 Å². The van der Waals surface area contributed by atoms with Crippen molar-refractivity contribution in [3.63, 3.8) is 0 Å². The van der Waals surface area contributed by atoms with Crippen LogP contribution in [0.2, 0.25) is 0 Å². The summed E-state index contributed by atoms with van der Waals surface area (Å²) in [5, 5.41) is 30.6. The lowest BCUT2D eigenvalue weighted by molar-refractivity contribution is -0.119. The predicted molar refractivity (Wildman–Crippen MR) is 278 cm³/mol. The molecule has 12 heteroatoms. The van der Waals surface area contributed by atoms with E-state index in [4.69, 9.17) is 9.47 Å². The first-order valence-corrected chi connectivity index (χ1v) is 25.6. The van der Waals surface area contributed by atoms with Gasteiger partial charge in [-0.05, 0) is 88.4 Å². The van der Waals surface area contributed by atoms with Gasteiger partial charge in [-0.15, -0.1) is 0 Å². The van der Waals surface area contributed by atoms with E-state index in [-0.39, 0.29) is 93.0 Å². The van der Waals surface area contributed by atoms with E-state index in [9.17, 15) is 29.4 Å². The average Bonchev–Trinajstić information content (AvgIpc) is 3.21. The minimum Gasteiger partial charge on any atom is -0.507 e. The molecule has 5 rings (SSSR count). The monoisotopic (exact) mass is 966 g/mol. The van der Waals surface area contributed by atoms with Crippen molar-refractivity contribution in [2.45, 2.75) is 144 Å². The van der Waals surface area contributed by atoms with Crippen LogP contribution < -0.4 is 20.1 Å². The first-order valence-electron chi connectivity index (χ1n) is 23.6. The molecule has 4 aromatic carbocycles. The molecule has 0 saturated carbocycles. The number of nitrogens with one attached hydrogen (secondary N) is 2. The summed E-state index contributed by atoms with van der Waals surface area (Å²) in [5.74, 6) is 1.15. The van der Waals surface area contributed by atoms with E-state index in [1.165, 1.54) is 13.8 Å². The number of hydrogen-bond acceptors (Lipinski definition) is 10. The summed E-state index contributed by atoms with van der Waals surface area (Å²) in [6, 6.07) is 17.0. The largest absolute Gasteiger partial charge is 0.507 e. The Morgan fingerprint density at radius 3 is 0.912 bits per heavy atom. The van der Waals surface area contributed by atoms with E-state index in [1.54, 1.807) is 0 Å². The summed E-state index contributed by atoms with van der Waals surface area (Å²) < 4.78 is 13.5. The van der Waals surface area contributed by atoms with Gasteiger partial charge in [-0.2, -0.15) is 0 Å². The van der Waals surface area contributed by atoms with Crippen LogP contribution in [0.1, 0.15) is 164 Å². The summed E-state index contributed by atoms with van der Waals surface area (Å²) in [4.78, 5) is 48.3. The van der Waals surface area contributed by atoms with Crippen LogP contribution in [0.3, 0.4) is 0 Å². The van der Waals surface area contributed by atoms with Crippen LogP contribution in [0.4, 0.5) is 0 Å². The number of aromatic hydroxyl groups is 2. The highest BCUT2D eigenvalue weighted by molar-refractivity contribution is 8.14. The van der Waals surface area contributed by atoms with E-state index in [2.05, 4.69) is 142 Å². The van der Waals surface area contributed by atoms with Crippen LogP contribution in [-0.2, 0) is 66.5 Å². The molecule has 0 atom stereocenters. The molecule has 8 bridgehead atoms. The summed E-state index contributed by atoms with van der Waals surface area (Å²) in [6.45, 7) is 29.6. The lowest BCUT2D eigenvalue weighted by Crippen LogP contribution is -2.30. The number of ether oxygens (including phenoxy) is 2. The molecule has 0 spiro atoms. The van der Waals surface area contributed by atoms with Gasteiger partial charge in [-0.25, -0.2) is 0 Å². The molecule has 10 nitrogen and oxygen atoms in total. The molecule has 0 radical (unpaired) electrons. The molecule has 0 unspecified atom stereocenters. The van der Waals surface area contributed by atoms with Gasteiger partial charge in [-0.3, -0.25) is 19.2 Å². The van der Waals surface area contributed by atoms with E-state index >= 15 is 0 Å². The summed E-state index contributed by atoms with van der Waals surface area (Å²) in [5.41, 5.74) is 9.53. The third-order valence-electron chi connectivity index (χ3n) is 12.2. The second kappa shape index (κ2) is 21.8. The minimum atomic E-state index is -0.281. The molecule has 2 amide bonds. The van der Waals surface area contributed by atoms with Crippen LogP contribution >= 0.6 is 23.5 Å². The third-order valence-corrected chi connectivity index (χ3v) is 13.8. The van der Waals surface area contributed by atoms with Gasteiger partial charge in [0.25, 0.3) is 0 Å². The van der Waals surface area contributed by atoms with Gasteiger partial charge < -0.3 is 30.3 Å². The highest BCUT2D eigenvalue weighted by Crippen LogP contribution is 2.44. The highest BCUT2D eigenvalue weighted by atomic mass is 32.2. The molecule has 68 heavy (non-hydrogen) atoms. The molecule has 4 N–H and O–H groups in total. The van der Waals surface area contributed by atoms with Gasteiger partial charge in [0, 0.05) is 39.5 Å². The number of hydrogen-bond donors (Lipinski definition) is 4. The maximum absolute atomic E-state index is 12.6. The zero-order valence-corrected chi connectivity index (χ0v) is 44.5. The zero-order valence-electron chi connectivity index (χ0n) is 42.9. The van der Waals surface area contributed by atoms with Gasteiger partial charge >= 0.3 is 0 Å². The van der Waals surface area contributed by atoms with Gasteiger partial charge in [0.1, 0.15) is 36.2 Å². The fraction of sp³-hybridized carbons (Fsp3) is 0.500. The molecule has 0 aromatic heterocycles. The molecule has 368 valence electrons.